The normalized spacial score (nSPS) is 18.7. The zero-order valence-corrected chi connectivity index (χ0v) is 12.8. The lowest BCUT2D eigenvalue weighted by Crippen LogP contribution is -2.32. The van der Waals surface area contributed by atoms with Crippen LogP contribution in [0.25, 0.3) is 0 Å². The van der Waals surface area contributed by atoms with Crippen molar-refractivity contribution in [1.82, 2.24) is 15.3 Å². The molecule has 0 amide bonds. The van der Waals surface area contributed by atoms with Crippen LogP contribution in [-0.2, 0) is 11.3 Å². The van der Waals surface area contributed by atoms with Gasteiger partial charge in [0.1, 0.15) is 5.82 Å². The second kappa shape index (κ2) is 7.55. The summed E-state index contributed by atoms with van der Waals surface area (Å²) in [4.78, 5) is 11.3. The number of nitrogens with one attached hydrogen (secondary N) is 1. The van der Waals surface area contributed by atoms with Crippen molar-refractivity contribution >= 4 is 5.82 Å². The van der Waals surface area contributed by atoms with Crippen LogP contribution in [-0.4, -0.2) is 41.8 Å². The third kappa shape index (κ3) is 4.42. The molecule has 1 aromatic heterocycles. The second-order valence-electron chi connectivity index (χ2n) is 5.58. The van der Waals surface area contributed by atoms with E-state index < -0.39 is 0 Å². The maximum absolute atomic E-state index is 5.70. The predicted octanol–water partition coefficient (Wildman–Crippen LogP) is 1.98. The molecule has 112 valence electrons. The van der Waals surface area contributed by atoms with E-state index in [9.17, 15) is 0 Å². The molecule has 0 saturated carbocycles. The molecule has 0 bridgehead atoms. The molecule has 1 aliphatic rings. The highest BCUT2D eigenvalue weighted by Gasteiger charge is 2.19. The van der Waals surface area contributed by atoms with Crippen LogP contribution in [0.5, 0.6) is 0 Å². The number of anilines is 1. The van der Waals surface area contributed by atoms with Crippen LogP contribution in [0.2, 0.25) is 0 Å². The zero-order valence-electron chi connectivity index (χ0n) is 12.8. The summed E-state index contributed by atoms with van der Waals surface area (Å²) >= 11 is 0. The number of likely N-dealkylation sites (N-methyl/N-ethyl adjacent to an activating group) is 1. The van der Waals surface area contributed by atoms with Crippen LogP contribution in [0.15, 0.2) is 12.4 Å². The third-order valence-electron chi connectivity index (χ3n) is 3.54. The molecular formula is C15H26N4O. The summed E-state index contributed by atoms with van der Waals surface area (Å²) in [5.74, 6) is 0.941. The van der Waals surface area contributed by atoms with Gasteiger partial charge in [-0.1, -0.05) is 13.8 Å². The Labute approximate surface area is 121 Å². The van der Waals surface area contributed by atoms with E-state index in [1.165, 1.54) is 6.42 Å². The molecule has 1 aromatic rings. The molecule has 1 aliphatic heterocycles. The fourth-order valence-corrected chi connectivity index (χ4v) is 2.33. The highest BCUT2D eigenvalue weighted by Crippen LogP contribution is 2.16. The summed E-state index contributed by atoms with van der Waals surface area (Å²) in [5.41, 5.74) is 0.982. The monoisotopic (exact) mass is 278 g/mol. The molecular weight excluding hydrogens is 252 g/mol. The summed E-state index contributed by atoms with van der Waals surface area (Å²) in [6, 6.07) is 0.461. The van der Waals surface area contributed by atoms with Crippen LogP contribution in [0, 0.1) is 0 Å². The lowest BCUT2D eigenvalue weighted by atomic mass is 10.2. The first kappa shape index (κ1) is 15.2. The van der Waals surface area contributed by atoms with Crippen LogP contribution < -0.4 is 10.2 Å². The molecule has 5 heteroatoms. The van der Waals surface area contributed by atoms with E-state index in [1.54, 1.807) is 0 Å². The quantitative estimate of drug-likeness (QED) is 0.826. The van der Waals surface area contributed by atoms with E-state index in [0.717, 1.165) is 44.2 Å². The van der Waals surface area contributed by atoms with Gasteiger partial charge < -0.3 is 15.0 Å². The van der Waals surface area contributed by atoms with Crippen molar-refractivity contribution < 1.29 is 4.74 Å². The first-order valence-corrected chi connectivity index (χ1v) is 7.60. The van der Waals surface area contributed by atoms with Crippen LogP contribution in [0.1, 0.15) is 39.3 Å². The van der Waals surface area contributed by atoms with Gasteiger partial charge in [-0.15, -0.1) is 0 Å². The Morgan fingerprint density at radius 3 is 2.80 bits per heavy atom. The van der Waals surface area contributed by atoms with Gasteiger partial charge in [-0.25, -0.2) is 4.98 Å². The molecule has 5 nitrogen and oxygen atoms in total. The topological polar surface area (TPSA) is 50.3 Å². The fraction of sp³-hybridized carbons (Fsp3) is 0.733. The number of hydrogen-bond acceptors (Lipinski definition) is 5. The smallest absolute Gasteiger partial charge is 0.147 e. The van der Waals surface area contributed by atoms with Crippen molar-refractivity contribution in [3.05, 3.63) is 18.1 Å². The molecule has 0 radical (unpaired) electrons. The minimum Gasteiger partial charge on any atom is -0.376 e. The molecule has 20 heavy (non-hydrogen) atoms. The molecule has 1 N–H and O–H groups in total. The van der Waals surface area contributed by atoms with Gasteiger partial charge in [0.25, 0.3) is 0 Å². The molecule has 1 atom stereocenters. The third-order valence-corrected chi connectivity index (χ3v) is 3.54. The molecule has 2 rings (SSSR count). The fourth-order valence-electron chi connectivity index (χ4n) is 2.33. The molecule has 1 fully saturated rings. The Balaban J connectivity index is 1.92. The SMILES string of the molecule is CCN(CC1CCCO1)c1cnc(CNC(C)C)cn1. The van der Waals surface area contributed by atoms with Gasteiger partial charge in [0.05, 0.1) is 24.2 Å². The highest BCUT2D eigenvalue weighted by molar-refractivity contribution is 5.35. The van der Waals surface area contributed by atoms with Crippen molar-refractivity contribution in [3.8, 4) is 0 Å². The average molecular weight is 278 g/mol. The number of ether oxygens (including phenoxy) is 1. The lowest BCUT2D eigenvalue weighted by Gasteiger charge is -2.24. The van der Waals surface area contributed by atoms with E-state index in [0.29, 0.717) is 12.1 Å². The summed E-state index contributed by atoms with van der Waals surface area (Å²) in [6.07, 6.45) is 6.41. The average Bonchev–Trinajstić information content (AvgIpc) is 2.96. The van der Waals surface area contributed by atoms with E-state index in [1.807, 2.05) is 12.4 Å². The van der Waals surface area contributed by atoms with Crippen molar-refractivity contribution in [2.45, 2.75) is 52.3 Å². The van der Waals surface area contributed by atoms with Gasteiger partial charge in [-0.2, -0.15) is 0 Å². The van der Waals surface area contributed by atoms with Crippen molar-refractivity contribution in [3.63, 3.8) is 0 Å². The second-order valence-corrected chi connectivity index (χ2v) is 5.58. The molecule has 0 aliphatic carbocycles. The summed E-state index contributed by atoms with van der Waals surface area (Å²) in [5, 5.41) is 3.35. The first-order valence-electron chi connectivity index (χ1n) is 7.60. The minimum atomic E-state index is 0.346. The lowest BCUT2D eigenvalue weighted by molar-refractivity contribution is 0.115. The molecule has 0 spiro atoms. The Hall–Kier alpha value is -1.20. The summed E-state index contributed by atoms with van der Waals surface area (Å²) in [7, 11) is 0. The maximum atomic E-state index is 5.70. The zero-order chi connectivity index (χ0) is 14.4. The largest absolute Gasteiger partial charge is 0.376 e. The first-order chi connectivity index (χ1) is 9.69. The molecule has 1 saturated heterocycles. The molecule has 0 aromatic carbocycles. The minimum absolute atomic E-state index is 0.346. The van der Waals surface area contributed by atoms with E-state index in [4.69, 9.17) is 4.74 Å². The van der Waals surface area contributed by atoms with E-state index in [2.05, 4.69) is 41.0 Å². The molecule has 1 unspecified atom stereocenters. The van der Waals surface area contributed by atoms with Gasteiger partial charge in [0.2, 0.25) is 0 Å². The van der Waals surface area contributed by atoms with E-state index >= 15 is 0 Å². The summed E-state index contributed by atoms with van der Waals surface area (Å²) < 4.78 is 5.70. The number of nitrogens with zero attached hydrogens (tertiary/aromatic N) is 3. The standard InChI is InChI=1S/C15H26N4O/c1-4-19(11-14-6-5-7-20-14)15-10-17-13(9-18-15)8-16-12(2)3/h9-10,12,14,16H,4-8,11H2,1-3H3. The van der Waals surface area contributed by atoms with Gasteiger partial charge in [-0.3, -0.25) is 4.98 Å². The number of rotatable bonds is 7. The van der Waals surface area contributed by atoms with Gasteiger partial charge in [0.15, 0.2) is 0 Å². The number of aromatic nitrogens is 2. The maximum Gasteiger partial charge on any atom is 0.147 e. The highest BCUT2D eigenvalue weighted by atomic mass is 16.5. The van der Waals surface area contributed by atoms with Crippen LogP contribution >= 0.6 is 0 Å². The number of hydrogen-bond donors (Lipinski definition) is 1. The van der Waals surface area contributed by atoms with Crippen LogP contribution in [0.4, 0.5) is 5.82 Å². The van der Waals surface area contributed by atoms with Crippen molar-refractivity contribution in [1.29, 1.82) is 0 Å². The van der Waals surface area contributed by atoms with Crippen molar-refractivity contribution in [2.24, 2.45) is 0 Å². The predicted molar refractivity (Wildman–Crippen MR) is 80.9 cm³/mol. The Kier molecular flexibility index (Phi) is 5.73. The van der Waals surface area contributed by atoms with Crippen LogP contribution in [0.3, 0.4) is 0 Å². The van der Waals surface area contributed by atoms with Gasteiger partial charge in [0, 0.05) is 32.3 Å². The Bertz CT molecular complexity index is 387. The van der Waals surface area contributed by atoms with E-state index in [-0.39, 0.29) is 0 Å². The molecule has 2 heterocycles. The summed E-state index contributed by atoms with van der Waals surface area (Å²) in [6.45, 7) is 9.90. The van der Waals surface area contributed by atoms with Gasteiger partial charge in [-0.05, 0) is 19.8 Å². The van der Waals surface area contributed by atoms with Crippen molar-refractivity contribution in [2.75, 3.05) is 24.6 Å². The Morgan fingerprint density at radius 1 is 1.40 bits per heavy atom. The Morgan fingerprint density at radius 2 is 2.25 bits per heavy atom. The van der Waals surface area contributed by atoms with Gasteiger partial charge >= 0.3 is 0 Å².